The summed E-state index contributed by atoms with van der Waals surface area (Å²) >= 11 is 0. The van der Waals surface area contributed by atoms with Crippen molar-refractivity contribution in [2.24, 2.45) is 5.92 Å². The average molecular weight is 186 g/mol. The van der Waals surface area contributed by atoms with E-state index in [4.69, 9.17) is 9.94 Å². The molecular weight excluding hydrogens is 172 g/mol. The Morgan fingerprint density at radius 3 is 2.85 bits per heavy atom. The van der Waals surface area contributed by atoms with Crippen LogP contribution in [0.15, 0.2) is 0 Å². The zero-order chi connectivity index (χ0) is 9.59. The van der Waals surface area contributed by atoms with Gasteiger partial charge in [0.25, 0.3) is 0 Å². The number of hydrogen-bond donors (Lipinski definition) is 1. The Bertz CT molecular complexity index is 233. The van der Waals surface area contributed by atoms with Crippen LogP contribution >= 0.6 is 0 Å². The molecule has 1 amide bonds. The minimum atomic E-state index is -0.824. The van der Waals surface area contributed by atoms with Gasteiger partial charge in [0.1, 0.15) is 0 Å². The molecule has 0 aromatic heterocycles. The lowest BCUT2D eigenvalue weighted by Crippen LogP contribution is -2.41. The number of hydrogen-bond acceptors (Lipinski definition) is 3. The average Bonchev–Trinajstić information content (AvgIpc) is 2.55. The third-order valence-electron chi connectivity index (χ3n) is 3.06. The second-order valence-corrected chi connectivity index (χ2v) is 3.77. The first-order chi connectivity index (χ1) is 6.11. The van der Waals surface area contributed by atoms with Crippen molar-refractivity contribution >= 4 is 6.09 Å². The number of nitrogens with zero attached hydrogens (tertiary/aromatic N) is 2. The lowest BCUT2D eigenvalue weighted by Gasteiger charge is -2.25. The summed E-state index contributed by atoms with van der Waals surface area (Å²) in [6, 6.07) is 0.270. The van der Waals surface area contributed by atoms with Crippen molar-refractivity contribution < 1.29 is 14.7 Å². The topological polar surface area (TPSA) is 53.0 Å². The summed E-state index contributed by atoms with van der Waals surface area (Å²) in [5.41, 5.74) is 0. The first kappa shape index (κ1) is 8.77. The van der Waals surface area contributed by atoms with Gasteiger partial charge >= 0.3 is 6.09 Å². The minimum Gasteiger partial charge on any atom is -0.465 e. The lowest BCUT2D eigenvalue weighted by atomic mass is 10.0. The second kappa shape index (κ2) is 2.85. The summed E-state index contributed by atoms with van der Waals surface area (Å²) in [5.74, 6) is 0.344. The van der Waals surface area contributed by atoms with Gasteiger partial charge in [-0.05, 0) is 6.92 Å². The van der Waals surface area contributed by atoms with E-state index in [1.807, 2.05) is 14.0 Å². The van der Waals surface area contributed by atoms with E-state index in [-0.39, 0.29) is 12.1 Å². The molecule has 0 aromatic rings. The number of fused-ring (bicyclic) bond motifs is 1. The summed E-state index contributed by atoms with van der Waals surface area (Å²) in [5, 5.41) is 10.7. The van der Waals surface area contributed by atoms with Gasteiger partial charge in [-0.2, -0.15) is 5.06 Å². The summed E-state index contributed by atoms with van der Waals surface area (Å²) < 4.78 is 0. The van der Waals surface area contributed by atoms with Crippen LogP contribution in [0.5, 0.6) is 0 Å². The van der Waals surface area contributed by atoms with E-state index in [0.29, 0.717) is 19.1 Å². The molecule has 0 spiro atoms. The number of rotatable bonds is 0. The van der Waals surface area contributed by atoms with Crippen LogP contribution in [0.1, 0.15) is 6.92 Å². The van der Waals surface area contributed by atoms with Crippen LogP contribution in [0.4, 0.5) is 4.79 Å². The van der Waals surface area contributed by atoms with Crippen molar-refractivity contribution in [1.29, 1.82) is 0 Å². The van der Waals surface area contributed by atoms with Gasteiger partial charge in [0.05, 0.1) is 18.7 Å². The normalized spacial score (nSPS) is 39.5. The zero-order valence-corrected chi connectivity index (χ0v) is 7.80. The second-order valence-electron chi connectivity index (χ2n) is 3.77. The lowest BCUT2D eigenvalue weighted by molar-refractivity contribution is -0.119. The smallest absolute Gasteiger partial charge is 0.407 e. The molecule has 0 aromatic carbocycles. The van der Waals surface area contributed by atoms with Crippen LogP contribution in [0.3, 0.4) is 0 Å². The number of amides is 1. The molecule has 2 fully saturated rings. The summed E-state index contributed by atoms with van der Waals surface area (Å²) in [6.07, 6.45) is -0.824. The Kier molecular flexibility index (Phi) is 1.92. The minimum absolute atomic E-state index is 0.0370. The van der Waals surface area contributed by atoms with Crippen LogP contribution in [0.25, 0.3) is 0 Å². The number of carboxylic acid groups (broad SMARTS) is 1. The van der Waals surface area contributed by atoms with Crippen molar-refractivity contribution in [3.8, 4) is 0 Å². The number of likely N-dealkylation sites (tertiary alicyclic amines) is 1. The summed E-state index contributed by atoms with van der Waals surface area (Å²) in [6.45, 7) is 3.19. The molecule has 3 unspecified atom stereocenters. The van der Waals surface area contributed by atoms with Crippen LogP contribution in [-0.2, 0) is 4.84 Å². The Morgan fingerprint density at radius 1 is 1.62 bits per heavy atom. The molecule has 0 saturated carbocycles. The third kappa shape index (κ3) is 1.19. The number of likely N-dealkylation sites (N-methyl/N-ethyl adjacent to an activating group) is 1. The standard InChI is InChI=1S/C8H14N2O3/c1-5-7-6(4-13-9(7)2)3-10(5)8(11)12/h5-7H,3-4H2,1-2H3,(H,11,12). The van der Waals surface area contributed by atoms with E-state index in [0.717, 1.165) is 0 Å². The Morgan fingerprint density at radius 2 is 2.31 bits per heavy atom. The van der Waals surface area contributed by atoms with Gasteiger partial charge in [0.15, 0.2) is 0 Å². The summed E-state index contributed by atoms with van der Waals surface area (Å²) in [7, 11) is 1.87. The largest absolute Gasteiger partial charge is 0.465 e. The summed E-state index contributed by atoms with van der Waals surface area (Å²) in [4.78, 5) is 17.6. The van der Waals surface area contributed by atoms with Crippen molar-refractivity contribution in [3.05, 3.63) is 0 Å². The van der Waals surface area contributed by atoms with E-state index in [2.05, 4.69) is 0 Å². The highest BCUT2D eigenvalue weighted by molar-refractivity contribution is 5.66. The van der Waals surface area contributed by atoms with Crippen LogP contribution in [0.2, 0.25) is 0 Å². The monoisotopic (exact) mass is 186 g/mol. The molecule has 2 rings (SSSR count). The molecule has 3 atom stereocenters. The molecule has 2 aliphatic rings. The van der Waals surface area contributed by atoms with Crippen molar-refractivity contribution in [2.45, 2.75) is 19.0 Å². The van der Waals surface area contributed by atoms with Gasteiger partial charge in [-0.15, -0.1) is 0 Å². The third-order valence-corrected chi connectivity index (χ3v) is 3.06. The van der Waals surface area contributed by atoms with Gasteiger partial charge in [-0.25, -0.2) is 4.79 Å². The SMILES string of the molecule is CC1C2C(CON2C)CN1C(=O)O. The number of carbonyl (C=O) groups is 1. The predicted octanol–water partition coefficient (Wildman–Crippen LogP) is 0.230. The maximum Gasteiger partial charge on any atom is 0.407 e. The van der Waals surface area contributed by atoms with Gasteiger partial charge in [0, 0.05) is 19.5 Å². The van der Waals surface area contributed by atoms with Gasteiger partial charge < -0.3 is 10.0 Å². The molecule has 2 heterocycles. The molecule has 0 aliphatic carbocycles. The Labute approximate surface area is 76.8 Å². The van der Waals surface area contributed by atoms with Gasteiger partial charge in [-0.1, -0.05) is 0 Å². The highest BCUT2D eigenvalue weighted by atomic mass is 16.7. The highest BCUT2D eigenvalue weighted by Crippen LogP contribution is 2.32. The first-order valence-corrected chi connectivity index (χ1v) is 4.46. The van der Waals surface area contributed by atoms with Crippen molar-refractivity contribution in [2.75, 3.05) is 20.2 Å². The Hall–Kier alpha value is -0.810. The van der Waals surface area contributed by atoms with Gasteiger partial charge in [-0.3, -0.25) is 4.84 Å². The molecule has 0 bridgehead atoms. The van der Waals surface area contributed by atoms with Crippen LogP contribution in [-0.4, -0.2) is 53.4 Å². The fourth-order valence-electron chi connectivity index (χ4n) is 2.41. The highest BCUT2D eigenvalue weighted by Gasteiger charge is 2.47. The molecule has 5 heteroatoms. The molecule has 2 saturated heterocycles. The van der Waals surface area contributed by atoms with Crippen LogP contribution < -0.4 is 0 Å². The maximum absolute atomic E-state index is 10.8. The van der Waals surface area contributed by atoms with E-state index in [9.17, 15) is 4.79 Å². The zero-order valence-electron chi connectivity index (χ0n) is 7.80. The molecule has 1 N–H and O–H groups in total. The van der Waals surface area contributed by atoms with E-state index in [1.165, 1.54) is 4.90 Å². The molecule has 0 radical (unpaired) electrons. The van der Waals surface area contributed by atoms with Crippen molar-refractivity contribution in [3.63, 3.8) is 0 Å². The predicted molar refractivity (Wildman–Crippen MR) is 45.2 cm³/mol. The maximum atomic E-state index is 10.8. The van der Waals surface area contributed by atoms with E-state index >= 15 is 0 Å². The molecule has 2 aliphatic heterocycles. The molecular formula is C8H14N2O3. The molecule has 74 valence electrons. The molecule has 13 heavy (non-hydrogen) atoms. The molecule has 5 nitrogen and oxygen atoms in total. The van der Waals surface area contributed by atoms with Gasteiger partial charge in [0.2, 0.25) is 0 Å². The van der Waals surface area contributed by atoms with E-state index in [1.54, 1.807) is 5.06 Å². The fourth-order valence-corrected chi connectivity index (χ4v) is 2.41. The van der Waals surface area contributed by atoms with Crippen LogP contribution in [0, 0.1) is 5.92 Å². The fraction of sp³-hybridized carbons (Fsp3) is 0.875. The first-order valence-electron chi connectivity index (χ1n) is 4.46. The number of hydroxylamine groups is 2. The quantitative estimate of drug-likeness (QED) is 0.588. The Balaban J connectivity index is 2.14. The van der Waals surface area contributed by atoms with Crippen molar-refractivity contribution in [1.82, 2.24) is 9.96 Å². The van der Waals surface area contributed by atoms with E-state index < -0.39 is 6.09 Å².